The van der Waals surface area contributed by atoms with Crippen molar-refractivity contribution < 1.29 is 22.7 Å². The van der Waals surface area contributed by atoms with Crippen LogP contribution >= 0.6 is 0 Å². The molecule has 1 aromatic heterocycles. The smallest absolute Gasteiger partial charge is 0.416 e. The van der Waals surface area contributed by atoms with Gasteiger partial charge < -0.3 is 20.0 Å². The van der Waals surface area contributed by atoms with Crippen molar-refractivity contribution in [3.63, 3.8) is 0 Å². The van der Waals surface area contributed by atoms with Gasteiger partial charge in [0.2, 0.25) is 5.91 Å². The summed E-state index contributed by atoms with van der Waals surface area (Å²) in [6, 6.07) is 8.16. The fourth-order valence-corrected chi connectivity index (χ4v) is 2.97. The van der Waals surface area contributed by atoms with Crippen molar-refractivity contribution in [1.29, 1.82) is 0 Å². The van der Waals surface area contributed by atoms with Gasteiger partial charge >= 0.3 is 11.9 Å². The summed E-state index contributed by atoms with van der Waals surface area (Å²) in [5, 5.41) is 2.65. The number of para-hydroxylation sites is 1. The highest BCUT2D eigenvalue weighted by molar-refractivity contribution is 6.06. The third kappa shape index (κ3) is 4.56. The van der Waals surface area contributed by atoms with Crippen molar-refractivity contribution in [2.24, 2.45) is 5.92 Å². The van der Waals surface area contributed by atoms with Gasteiger partial charge in [0, 0.05) is 11.6 Å². The summed E-state index contributed by atoms with van der Waals surface area (Å²) in [6.45, 7) is 0.344. The molecule has 4 rings (SSSR count). The van der Waals surface area contributed by atoms with Crippen LogP contribution in [0.5, 0.6) is 5.75 Å². The number of aromatic amines is 2. The molecule has 30 heavy (non-hydrogen) atoms. The van der Waals surface area contributed by atoms with Gasteiger partial charge in [-0.3, -0.25) is 4.79 Å². The first-order chi connectivity index (χ1) is 14.3. The van der Waals surface area contributed by atoms with Crippen LogP contribution in [0.2, 0.25) is 0 Å². The summed E-state index contributed by atoms with van der Waals surface area (Å²) >= 11 is 0. The predicted molar refractivity (Wildman–Crippen MR) is 106 cm³/mol. The number of amides is 1. The van der Waals surface area contributed by atoms with Gasteiger partial charge in [-0.25, -0.2) is 4.79 Å². The van der Waals surface area contributed by atoms with Gasteiger partial charge in [-0.15, -0.1) is 0 Å². The highest BCUT2D eigenvalue weighted by Gasteiger charge is 2.31. The zero-order chi connectivity index (χ0) is 21.3. The summed E-state index contributed by atoms with van der Waals surface area (Å²) in [7, 11) is 0. The minimum Gasteiger partial charge on any atom is -0.493 e. The Kier molecular flexibility index (Phi) is 5.11. The molecular formula is C21H18F3N3O3. The number of hydrogen-bond acceptors (Lipinski definition) is 3. The van der Waals surface area contributed by atoms with E-state index in [2.05, 4.69) is 15.3 Å². The number of aromatic nitrogens is 2. The van der Waals surface area contributed by atoms with E-state index in [1.165, 1.54) is 18.2 Å². The largest absolute Gasteiger partial charge is 0.493 e. The van der Waals surface area contributed by atoms with Crippen LogP contribution in [0.3, 0.4) is 0 Å². The molecule has 0 aliphatic heterocycles. The maximum atomic E-state index is 13.0. The monoisotopic (exact) mass is 417 g/mol. The molecule has 2 aromatic carbocycles. The van der Waals surface area contributed by atoms with E-state index in [4.69, 9.17) is 4.74 Å². The fraction of sp³-hybridized carbons (Fsp3) is 0.238. The number of fused-ring (bicyclic) bond motifs is 1. The summed E-state index contributed by atoms with van der Waals surface area (Å²) < 4.78 is 44.7. The van der Waals surface area contributed by atoms with Gasteiger partial charge in [-0.1, -0.05) is 12.1 Å². The number of alkyl halides is 3. The van der Waals surface area contributed by atoms with E-state index in [0.717, 1.165) is 25.0 Å². The van der Waals surface area contributed by atoms with E-state index in [-0.39, 0.29) is 5.75 Å². The van der Waals surface area contributed by atoms with Crippen LogP contribution in [0.25, 0.3) is 17.1 Å². The Morgan fingerprint density at radius 2 is 2.00 bits per heavy atom. The molecule has 156 valence electrons. The molecule has 1 aliphatic carbocycles. The predicted octanol–water partition coefficient (Wildman–Crippen LogP) is 4.32. The summed E-state index contributed by atoms with van der Waals surface area (Å²) in [5.74, 6) is -0.0564. The minimum atomic E-state index is -4.48. The van der Waals surface area contributed by atoms with Crippen LogP contribution in [0.15, 0.2) is 47.3 Å². The van der Waals surface area contributed by atoms with Gasteiger partial charge in [0.25, 0.3) is 0 Å². The van der Waals surface area contributed by atoms with Crippen LogP contribution in [0.4, 0.5) is 18.9 Å². The number of halogens is 3. The number of benzene rings is 2. The lowest BCUT2D eigenvalue weighted by atomic mass is 10.1. The summed E-state index contributed by atoms with van der Waals surface area (Å²) in [5.41, 5.74) is 0.556. The molecule has 0 spiro atoms. The van der Waals surface area contributed by atoms with Crippen molar-refractivity contribution in [2.45, 2.75) is 19.0 Å². The lowest BCUT2D eigenvalue weighted by Crippen LogP contribution is -2.09. The first kappa shape index (κ1) is 19.8. The molecule has 1 fully saturated rings. The van der Waals surface area contributed by atoms with Crippen LogP contribution in [-0.4, -0.2) is 22.5 Å². The van der Waals surface area contributed by atoms with Crippen LogP contribution < -0.4 is 15.7 Å². The van der Waals surface area contributed by atoms with Gasteiger partial charge in [0.1, 0.15) is 5.75 Å². The molecule has 0 saturated heterocycles. The number of carbonyl (C=O) groups excluding carboxylic acids is 1. The van der Waals surface area contributed by atoms with Crippen molar-refractivity contribution in [3.05, 3.63) is 64.1 Å². The Labute approximate surface area is 168 Å². The normalized spacial score (nSPS) is 14.4. The second-order valence-corrected chi connectivity index (χ2v) is 7.13. The second-order valence-electron chi connectivity index (χ2n) is 7.13. The van der Waals surface area contributed by atoms with Crippen molar-refractivity contribution in [3.8, 4) is 5.75 Å². The lowest BCUT2D eigenvalue weighted by molar-refractivity contribution is -0.137. The third-order valence-corrected chi connectivity index (χ3v) is 4.74. The molecule has 0 atom stereocenters. The summed E-state index contributed by atoms with van der Waals surface area (Å²) in [4.78, 5) is 29.0. The van der Waals surface area contributed by atoms with E-state index >= 15 is 0 Å². The molecule has 1 amide bonds. The zero-order valence-electron chi connectivity index (χ0n) is 15.7. The number of hydrogen-bond donors (Lipinski definition) is 3. The van der Waals surface area contributed by atoms with Crippen molar-refractivity contribution >= 4 is 28.7 Å². The molecule has 0 unspecified atom stereocenters. The molecule has 1 heterocycles. The molecule has 0 radical (unpaired) electrons. The molecule has 1 aliphatic rings. The lowest BCUT2D eigenvalue weighted by Gasteiger charge is -2.13. The van der Waals surface area contributed by atoms with Gasteiger partial charge in [-0.05, 0) is 49.1 Å². The molecule has 0 bridgehead atoms. The molecule has 3 aromatic rings. The second kappa shape index (κ2) is 7.74. The van der Waals surface area contributed by atoms with Gasteiger partial charge in [-0.2, -0.15) is 13.2 Å². The maximum Gasteiger partial charge on any atom is 0.416 e. The number of H-pyrrole nitrogens is 2. The Bertz CT molecular complexity index is 1170. The molecule has 1 saturated carbocycles. The average Bonchev–Trinajstić information content (AvgIpc) is 3.43. The highest BCUT2D eigenvalue weighted by atomic mass is 19.4. The van der Waals surface area contributed by atoms with Gasteiger partial charge in [0.05, 0.1) is 28.9 Å². The van der Waals surface area contributed by atoms with E-state index in [1.807, 2.05) is 0 Å². The number of rotatable bonds is 6. The number of carbonyl (C=O) groups is 1. The van der Waals surface area contributed by atoms with Crippen LogP contribution in [0.1, 0.15) is 24.0 Å². The Hall–Kier alpha value is -3.49. The van der Waals surface area contributed by atoms with Crippen molar-refractivity contribution in [1.82, 2.24) is 9.97 Å². The minimum absolute atomic E-state index is 0.0813. The van der Waals surface area contributed by atoms with Crippen LogP contribution in [0, 0.1) is 5.92 Å². The molecule has 6 nitrogen and oxygen atoms in total. The fourth-order valence-electron chi connectivity index (χ4n) is 2.97. The van der Waals surface area contributed by atoms with E-state index in [1.54, 1.807) is 18.2 Å². The number of nitrogens with one attached hydrogen (secondary N) is 3. The number of ether oxygens (including phenoxy) is 1. The number of anilines is 1. The van der Waals surface area contributed by atoms with Crippen molar-refractivity contribution in [2.75, 3.05) is 11.9 Å². The number of imidazole rings is 1. The SMILES string of the molecule is O=C(/C=C/c1ccc(C(F)(F)F)cc1OCC1CC1)Nc1cccc2[nH]c(=O)[nH]c12. The third-order valence-electron chi connectivity index (χ3n) is 4.74. The van der Waals surface area contributed by atoms with E-state index in [9.17, 15) is 22.8 Å². The first-order valence-corrected chi connectivity index (χ1v) is 9.34. The highest BCUT2D eigenvalue weighted by Crippen LogP contribution is 2.35. The Morgan fingerprint density at radius 3 is 2.73 bits per heavy atom. The topological polar surface area (TPSA) is 87.0 Å². The molecule has 3 N–H and O–H groups in total. The molecular weight excluding hydrogens is 399 g/mol. The average molecular weight is 417 g/mol. The maximum absolute atomic E-state index is 13.0. The standard InChI is InChI=1S/C21H18F3N3O3/c22-21(23,24)14-8-6-13(17(10-14)30-11-12-4-5-12)7-9-18(28)25-15-2-1-3-16-19(15)27-20(29)26-16/h1-3,6-10,12H,4-5,11H2,(H,25,28)(H2,26,27,29)/b9-7+. The first-order valence-electron chi connectivity index (χ1n) is 9.34. The zero-order valence-corrected chi connectivity index (χ0v) is 15.7. The quantitative estimate of drug-likeness (QED) is 0.522. The summed E-state index contributed by atoms with van der Waals surface area (Å²) in [6.07, 6.45) is 0.121. The Balaban J connectivity index is 1.54. The van der Waals surface area contributed by atoms with E-state index in [0.29, 0.717) is 34.8 Å². The van der Waals surface area contributed by atoms with E-state index < -0.39 is 23.3 Å². The van der Waals surface area contributed by atoms with Crippen LogP contribution in [-0.2, 0) is 11.0 Å². The van der Waals surface area contributed by atoms with Gasteiger partial charge in [0.15, 0.2) is 0 Å². The Morgan fingerprint density at radius 1 is 1.20 bits per heavy atom. The molecule has 9 heteroatoms.